The van der Waals surface area contributed by atoms with Crippen LogP contribution < -0.4 is 10.6 Å². The van der Waals surface area contributed by atoms with Crippen LogP contribution in [0.15, 0.2) is 30.3 Å². The second-order valence-electron chi connectivity index (χ2n) is 5.20. The monoisotopic (exact) mass is 305 g/mol. The Morgan fingerprint density at radius 2 is 1.95 bits per heavy atom. The van der Waals surface area contributed by atoms with E-state index in [0.29, 0.717) is 5.56 Å². The minimum absolute atomic E-state index is 0.0726. The molecule has 1 fully saturated rings. The third-order valence-corrected chi connectivity index (χ3v) is 3.61. The van der Waals surface area contributed by atoms with Crippen LogP contribution >= 0.6 is 0 Å². The maximum atomic E-state index is 12.1. The molecule has 1 aromatic rings. The number of likely N-dealkylation sites (tertiary alicyclic amines) is 1. The van der Waals surface area contributed by atoms with E-state index < -0.39 is 12.0 Å². The van der Waals surface area contributed by atoms with Crippen LogP contribution in [0.4, 0.5) is 0 Å². The van der Waals surface area contributed by atoms with Crippen LogP contribution in [0.25, 0.3) is 0 Å². The van der Waals surface area contributed by atoms with Crippen molar-refractivity contribution in [3.8, 4) is 0 Å². The summed E-state index contributed by atoms with van der Waals surface area (Å²) in [6.45, 7) is 0.277. The Balaban J connectivity index is 2.03. The zero-order valence-electron chi connectivity index (χ0n) is 12.3. The van der Waals surface area contributed by atoms with Crippen molar-refractivity contribution in [2.45, 2.75) is 18.5 Å². The molecule has 0 bridgehead atoms. The molecule has 2 rings (SSSR count). The fourth-order valence-corrected chi connectivity index (χ4v) is 2.56. The van der Waals surface area contributed by atoms with E-state index in [4.69, 9.17) is 0 Å². The molecule has 0 radical (unpaired) electrons. The van der Waals surface area contributed by atoms with Crippen LogP contribution in [0.3, 0.4) is 0 Å². The highest BCUT2D eigenvalue weighted by Gasteiger charge is 2.39. The number of likely N-dealkylation sites (N-methyl/N-ethyl adjacent to an activating group) is 1. The van der Waals surface area contributed by atoms with Crippen molar-refractivity contribution >= 4 is 17.8 Å². The van der Waals surface area contributed by atoms with Gasteiger partial charge in [-0.05, 0) is 19.2 Å². The number of carbonyl (C=O) groups excluding carboxylic acids is 2. The van der Waals surface area contributed by atoms with Crippen LogP contribution in [-0.2, 0) is 9.59 Å². The zero-order chi connectivity index (χ0) is 16.1. The molecule has 0 spiro atoms. The van der Waals surface area contributed by atoms with Gasteiger partial charge in [-0.25, -0.2) is 4.79 Å². The Kier molecular flexibility index (Phi) is 5.11. The highest BCUT2D eigenvalue weighted by atomic mass is 16.4. The Bertz CT molecular complexity index is 561. The Morgan fingerprint density at radius 1 is 1.27 bits per heavy atom. The fourth-order valence-electron chi connectivity index (χ4n) is 2.56. The quantitative estimate of drug-likeness (QED) is 0.693. The molecule has 0 saturated carbocycles. The molecule has 0 aliphatic carbocycles. The van der Waals surface area contributed by atoms with Crippen molar-refractivity contribution in [3.63, 3.8) is 0 Å². The Hall–Kier alpha value is -2.41. The van der Waals surface area contributed by atoms with Gasteiger partial charge in [0.1, 0.15) is 6.04 Å². The van der Waals surface area contributed by atoms with E-state index >= 15 is 0 Å². The maximum absolute atomic E-state index is 12.1. The molecule has 0 unspecified atom stereocenters. The van der Waals surface area contributed by atoms with Crippen molar-refractivity contribution in [2.75, 3.05) is 20.1 Å². The molecule has 1 aromatic carbocycles. The third-order valence-electron chi connectivity index (χ3n) is 3.61. The highest BCUT2D eigenvalue weighted by Crippen LogP contribution is 2.19. The van der Waals surface area contributed by atoms with E-state index in [1.54, 1.807) is 31.3 Å². The number of carboxylic acid groups (broad SMARTS) is 1. The Morgan fingerprint density at radius 3 is 2.55 bits per heavy atom. The summed E-state index contributed by atoms with van der Waals surface area (Å²) in [4.78, 5) is 36.6. The predicted molar refractivity (Wildman–Crippen MR) is 79.4 cm³/mol. The third kappa shape index (κ3) is 3.62. The average molecular weight is 305 g/mol. The van der Waals surface area contributed by atoms with Crippen LogP contribution in [-0.4, -0.2) is 60.0 Å². The number of aliphatic carboxylic acids is 1. The van der Waals surface area contributed by atoms with Gasteiger partial charge in [-0.15, -0.1) is 0 Å². The van der Waals surface area contributed by atoms with Gasteiger partial charge in [0, 0.05) is 24.6 Å². The van der Waals surface area contributed by atoms with Crippen LogP contribution in [0.2, 0.25) is 0 Å². The lowest BCUT2D eigenvalue weighted by atomic mass is 10.1. The maximum Gasteiger partial charge on any atom is 0.326 e. The number of benzene rings is 1. The molecular formula is C15H19N3O4. The lowest BCUT2D eigenvalue weighted by molar-refractivity contribution is -0.147. The average Bonchev–Trinajstić information content (AvgIpc) is 2.92. The van der Waals surface area contributed by atoms with E-state index in [1.165, 1.54) is 4.90 Å². The topological polar surface area (TPSA) is 98.7 Å². The summed E-state index contributed by atoms with van der Waals surface area (Å²) in [5, 5.41) is 14.7. The van der Waals surface area contributed by atoms with Crippen molar-refractivity contribution < 1.29 is 19.5 Å². The molecule has 2 amide bonds. The first-order chi connectivity index (χ1) is 10.5. The first-order valence-electron chi connectivity index (χ1n) is 7.05. The van der Waals surface area contributed by atoms with E-state index in [2.05, 4.69) is 10.6 Å². The minimum atomic E-state index is -1.05. The van der Waals surface area contributed by atoms with E-state index in [1.807, 2.05) is 6.07 Å². The number of amides is 2. The van der Waals surface area contributed by atoms with Crippen LogP contribution in [0.1, 0.15) is 16.8 Å². The molecule has 3 N–H and O–H groups in total. The van der Waals surface area contributed by atoms with Crippen molar-refractivity contribution in [1.82, 2.24) is 15.5 Å². The molecule has 7 nitrogen and oxygen atoms in total. The zero-order valence-corrected chi connectivity index (χ0v) is 12.3. The smallest absolute Gasteiger partial charge is 0.326 e. The second-order valence-corrected chi connectivity index (χ2v) is 5.20. The van der Waals surface area contributed by atoms with Gasteiger partial charge in [0.25, 0.3) is 5.91 Å². The summed E-state index contributed by atoms with van der Waals surface area (Å²) in [5.41, 5.74) is 0.509. The van der Waals surface area contributed by atoms with Gasteiger partial charge in [0.05, 0.1) is 6.54 Å². The summed E-state index contributed by atoms with van der Waals surface area (Å²) >= 11 is 0. The summed E-state index contributed by atoms with van der Waals surface area (Å²) in [6.07, 6.45) is 0.212. The standard InChI is InChI=1S/C15H19N3O4/c1-16-8-13(19)18-9-11(7-12(18)15(21)22)17-14(20)10-5-3-2-4-6-10/h2-6,11-12,16H,7-9H2,1H3,(H,17,20)(H,21,22)/t11-,12+/m1/s1. The number of rotatable bonds is 5. The largest absolute Gasteiger partial charge is 0.480 e. The number of carbonyl (C=O) groups is 3. The van der Waals surface area contributed by atoms with Crippen molar-refractivity contribution in [2.24, 2.45) is 0 Å². The second kappa shape index (κ2) is 7.04. The van der Waals surface area contributed by atoms with Gasteiger partial charge >= 0.3 is 5.97 Å². The van der Waals surface area contributed by atoms with Gasteiger partial charge in [0.2, 0.25) is 5.91 Å². The van der Waals surface area contributed by atoms with E-state index in [-0.39, 0.29) is 37.4 Å². The van der Waals surface area contributed by atoms with E-state index in [0.717, 1.165) is 0 Å². The van der Waals surface area contributed by atoms with Gasteiger partial charge < -0.3 is 20.6 Å². The molecule has 0 aromatic heterocycles. The SMILES string of the molecule is CNCC(=O)N1C[C@H](NC(=O)c2ccccc2)C[C@H]1C(=O)O. The lowest BCUT2D eigenvalue weighted by Crippen LogP contribution is -2.44. The summed E-state index contributed by atoms with van der Waals surface area (Å²) in [7, 11) is 1.62. The summed E-state index contributed by atoms with van der Waals surface area (Å²) in [6, 6.07) is 7.42. The van der Waals surface area contributed by atoms with Gasteiger partial charge in [-0.3, -0.25) is 9.59 Å². The van der Waals surface area contributed by atoms with Crippen molar-refractivity contribution in [1.29, 1.82) is 0 Å². The van der Waals surface area contributed by atoms with Gasteiger partial charge in [-0.1, -0.05) is 18.2 Å². The first kappa shape index (κ1) is 16.0. The van der Waals surface area contributed by atoms with Crippen LogP contribution in [0.5, 0.6) is 0 Å². The molecule has 1 aliphatic heterocycles. The molecule has 2 atom stereocenters. The van der Waals surface area contributed by atoms with E-state index in [9.17, 15) is 19.5 Å². The van der Waals surface area contributed by atoms with Gasteiger partial charge in [0.15, 0.2) is 0 Å². The lowest BCUT2D eigenvalue weighted by Gasteiger charge is -2.21. The predicted octanol–water partition coefficient (Wildman–Crippen LogP) is -0.310. The first-order valence-corrected chi connectivity index (χ1v) is 7.05. The van der Waals surface area contributed by atoms with Crippen molar-refractivity contribution in [3.05, 3.63) is 35.9 Å². The summed E-state index contributed by atoms with van der Waals surface area (Å²) < 4.78 is 0. The minimum Gasteiger partial charge on any atom is -0.480 e. The number of nitrogens with zero attached hydrogens (tertiary/aromatic N) is 1. The Labute approximate surface area is 128 Å². The molecule has 1 heterocycles. The number of hydrogen-bond acceptors (Lipinski definition) is 4. The molecule has 1 saturated heterocycles. The molecular weight excluding hydrogens is 286 g/mol. The molecule has 22 heavy (non-hydrogen) atoms. The summed E-state index contributed by atoms with van der Waals surface area (Å²) in [5.74, 6) is -1.61. The highest BCUT2D eigenvalue weighted by molar-refractivity contribution is 5.94. The molecule has 118 valence electrons. The number of nitrogens with one attached hydrogen (secondary N) is 2. The van der Waals surface area contributed by atoms with Crippen LogP contribution in [0, 0.1) is 0 Å². The molecule has 1 aliphatic rings. The number of carboxylic acids is 1. The molecule has 7 heteroatoms. The number of hydrogen-bond donors (Lipinski definition) is 3. The van der Waals surface area contributed by atoms with Gasteiger partial charge in [-0.2, -0.15) is 0 Å². The normalized spacial score (nSPS) is 20.7. The fraction of sp³-hybridized carbons (Fsp3) is 0.400.